The number of rotatable bonds is 2. The summed E-state index contributed by atoms with van der Waals surface area (Å²) in [5.74, 6) is 0. The molecule has 0 radical (unpaired) electrons. The highest BCUT2D eigenvalue weighted by atomic mass is 79.9. The number of halogens is 1. The molecule has 2 heterocycles. The molecule has 0 amide bonds. The monoisotopic (exact) mass is 299 g/mol. The molecule has 3 aromatic rings. The predicted molar refractivity (Wildman–Crippen MR) is 77.0 cm³/mol. The van der Waals surface area contributed by atoms with Crippen LogP contribution in [0.2, 0.25) is 0 Å². The molecule has 1 N–H and O–H groups in total. The lowest BCUT2D eigenvalue weighted by Gasteiger charge is -1.93. The maximum Gasteiger partial charge on any atom is 0.0928 e. The molecule has 0 atom stereocenters. The van der Waals surface area contributed by atoms with E-state index in [0.717, 1.165) is 26.6 Å². The van der Waals surface area contributed by atoms with E-state index in [0.29, 0.717) is 0 Å². The Morgan fingerprint density at radius 2 is 2.11 bits per heavy atom. The topological polar surface area (TPSA) is 41.6 Å². The fourth-order valence-electron chi connectivity index (χ4n) is 1.78. The van der Waals surface area contributed by atoms with Crippen LogP contribution in [0.15, 0.2) is 47.2 Å². The molecule has 0 saturated carbocycles. The molecule has 3 nitrogen and oxygen atoms in total. The van der Waals surface area contributed by atoms with Crippen LogP contribution >= 0.6 is 15.9 Å². The molecule has 3 rings (SSSR count). The summed E-state index contributed by atoms with van der Waals surface area (Å²) in [5, 5.41) is 8.39. The summed E-state index contributed by atoms with van der Waals surface area (Å²) in [6, 6.07) is 9.95. The van der Waals surface area contributed by atoms with Gasteiger partial charge >= 0.3 is 0 Å². The van der Waals surface area contributed by atoms with Crippen LogP contribution in [-0.2, 0) is 0 Å². The van der Waals surface area contributed by atoms with Crippen LogP contribution < -0.4 is 0 Å². The molecule has 0 saturated heterocycles. The third kappa shape index (κ3) is 2.19. The van der Waals surface area contributed by atoms with E-state index in [1.807, 2.05) is 42.6 Å². The van der Waals surface area contributed by atoms with Gasteiger partial charge in [-0.15, -0.1) is 0 Å². The minimum Gasteiger partial charge on any atom is -0.277 e. The first-order valence-electron chi connectivity index (χ1n) is 5.55. The van der Waals surface area contributed by atoms with Gasteiger partial charge in [0.2, 0.25) is 0 Å². The Labute approximate surface area is 113 Å². The Morgan fingerprint density at radius 1 is 1.17 bits per heavy atom. The summed E-state index contributed by atoms with van der Waals surface area (Å²) in [5.41, 5.74) is 3.02. The van der Waals surface area contributed by atoms with Gasteiger partial charge in [0.05, 0.1) is 11.2 Å². The Bertz CT molecular complexity index is 701. The summed E-state index contributed by atoms with van der Waals surface area (Å²) in [4.78, 5) is 4.08. The van der Waals surface area contributed by atoms with Gasteiger partial charge in [0.15, 0.2) is 0 Å². The zero-order chi connectivity index (χ0) is 12.4. The van der Waals surface area contributed by atoms with Crippen LogP contribution in [0.4, 0.5) is 0 Å². The van der Waals surface area contributed by atoms with Gasteiger partial charge in [-0.2, -0.15) is 5.10 Å². The summed E-state index contributed by atoms with van der Waals surface area (Å²) in [6.07, 6.45) is 7.62. The number of hydrogen-bond acceptors (Lipinski definition) is 2. The van der Waals surface area contributed by atoms with Gasteiger partial charge < -0.3 is 0 Å². The van der Waals surface area contributed by atoms with Crippen molar-refractivity contribution in [2.24, 2.45) is 0 Å². The van der Waals surface area contributed by atoms with E-state index in [2.05, 4.69) is 37.2 Å². The van der Waals surface area contributed by atoms with Crippen molar-refractivity contribution in [1.82, 2.24) is 15.2 Å². The highest BCUT2D eigenvalue weighted by molar-refractivity contribution is 9.10. The maximum atomic E-state index is 4.26. The first-order valence-corrected chi connectivity index (χ1v) is 6.34. The molecular weight excluding hydrogens is 290 g/mol. The molecular formula is C14H10BrN3. The number of nitrogens with one attached hydrogen (secondary N) is 1. The first-order chi connectivity index (χ1) is 8.83. The standard InChI is InChI=1S/C14H10BrN3/c15-11-4-6-14-12(8-11)13(17-18-14)5-3-10-2-1-7-16-9-10/h1-9H,(H,17,18). The normalized spacial score (nSPS) is 11.4. The first kappa shape index (κ1) is 11.2. The summed E-state index contributed by atoms with van der Waals surface area (Å²) in [6.45, 7) is 0. The summed E-state index contributed by atoms with van der Waals surface area (Å²) in [7, 11) is 0. The van der Waals surface area contributed by atoms with Crippen LogP contribution in [0.25, 0.3) is 23.1 Å². The number of aromatic amines is 1. The van der Waals surface area contributed by atoms with Gasteiger partial charge in [-0.05, 0) is 35.9 Å². The van der Waals surface area contributed by atoms with Crippen molar-refractivity contribution >= 4 is 39.0 Å². The molecule has 0 aliphatic rings. The van der Waals surface area contributed by atoms with Gasteiger partial charge in [0.1, 0.15) is 0 Å². The molecule has 88 valence electrons. The van der Waals surface area contributed by atoms with Crippen molar-refractivity contribution in [3.63, 3.8) is 0 Å². The van der Waals surface area contributed by atoms with Crippen LogP contribution in [0, 0.1) is 0 Å². The van der Waals surface area contributed by atoms with Crippen molar-refractivity contribution in [2.45, 2.75) is 0 Å². The smallest absolute Gasteiger partial charge is 0.0928 e. The lowest BCUT2D eigenvalue weighted by atomic mass is 10.2. The SMILES string of the molecule is Brc1ccc2n[nH]c(C=Cc3cccnc3)c2c1. The molecule has 0 spiro atoms. The number of pyridine rings is 1. The van der Waals surface area contributed by atoms with Gasteiger partial charge in [0, 0.05) is 22.3 Å². The van der Waals surface area contributed by atoms with Crippen molar-refractivity contribution < 1.29 is 0 Å². The lowest BCUT2D eigenvalue weighted by molar-refractivity contribution is 1.11. The second-order valence-corrected chi connectivity index (χ2v) is 4.83. The zero-order valence-corrected chi connectivity index (χ0v) is 11.1. The van der Waals surface area contributed by atoms with Crippen molar-refractivity contribution in [3.05, 3.63) is 58.5 Å². The Balaban J connectivity index is 2.00. The second kappa shape index (κ2) is 4.74. The summed E-state index contributed by atoms with van der Waals surface area (Å²) < 4.78 is 1.05. The number of H-pyrrole nitrogens is 1. The van der Waals surface area contributed by atoms with E-state index in [9.17, 15) is 0 Å². The second-order valence-electron chi connectivity index (χ2n) is 3.92. The number of fused-ring (bicyclic) bond motifs is 1. The van der Waals surface area contributed by atoms with Crippen LogP contribution in [-0.4, -0.2) is 15.2 Å². The lowest BCUT2D eigenvalue weighted by Crippen LogP contribution is -1.75. The number of aromatic nitrogens is 3. The van der Waals surface area contributed by atoms with Crippen molar-refractivity contribution in [2.75, 3.05) is 0 Å². The third-order valence-corrected chi connectivity index (χ3v) is 3.17. The fraction of sp³-hybridized carbons (Fsp3) is 0. The molecule has 4 heteroatoms. The fourth-order valence-corrected chi connectivity index (χ4v) is 2.14. The summed E-state index contributed by atoms with van der Waals surface area (Å²) >= 11 is 3.47. The molecule has 18 heavy (non-hydrogen) atoms. The van der Waals surface area contributed by atoms with Gasteiger partial charge in [0.25, 0.3) is 0 Å². The zero-order valence-electron chi connectivity index (χ0n) is 9.47. The van der Waals surface area contributed by atoms with Gasteiger partial charge in [-0.1, -0.05) is 28.1 Å². The van der Waals surface area contributed by atoms with E-state index in [-0.39, 0.29) is 0 Å². The van der Waals surface area contributed by atoms with E-state index < -0.39 is 0 Å². The molecule has 0 unspecified atom stereocenters. The van der Waals surface area contributed by atoms with E-state index >= 15 is 0 Å². The van der Waals surface area contributed by atoms with Gasteiger partial charge in [-0.3, -0.25) is 10.1 Å². The van der Waals surface area contributed by atoms with E-state index in [1.165, 1.54) is 0 Å². The molecule has 0 aliphatic heterocycles. The van der Waals surface area contributed by atoms with E-state index in [4.69, 9.17) is 0 Å². The highest BCUT2D eigenvalue weighted by Crippen LogP contribution is 2.22. The minimum absolute atomic E-state index is 0.962. The highest BCUT2D eigenvalue weighted by Gasteiger charge is 2.02. The van der Waals surface area contributed by atoms with Crippen LogP contribution in [0.3, 0.4) is 0 Å². The van der Waals surface area contributed by atoms with Crippen LogP contribution in [0.1, 0.15) is 11.3 Å². The van der Waals surface area contributed by atoms with Crippen LogP contribution in [0.5, 0.6) is 0 Å². The predicted octanol–water partition coefficient (Wildman–Crippen LogP) is 3.89. The Morgan fingerprint density at radius 3 is 2.94 bits per heavy atom. The Hall–Kier alpha value is -1.94. The molecule has 0 bridgehead atoms. The quantitative estimate of drug-likeness (QED) is 0.780. The van der Waals surface area contributed by atoms with Crippen molar-refractivity contribution in [1.29, 1.82) is 0 Å². The molecule has 0 fully saturated rings. The largest absolute Gasteiger partial charge is 0.277 e. The Kier molecular flexibility index (Phi) is 2.94. The van der Waals surface area contributed by atoms with Crippen molar-refractivity contribution in [3.8, 4) is 0 Å². The molecule has 2 aromatic heterocycles. The number of hydrogen-bond donors (Lipinski definition) is 1. The number of nitrogens with zero attached hydrogens (tertiary/aromatic N) is 2. The van der Waals surface area contributed by atoms with E-state index in [1.54, 1.807) is 6.20 Å². The molecule has 0 aliphatic carbocycles. The average molecular weight is 300 g/mol. The minimum atomic E-state index is 0.962. The van der Waals surface area contributed by atoms with Gasteiger partial charge in [-0.25, -0.2) is 0 Å². The average Bonchev–Trinajstić information content (AvgIpc) is 2.80. The maximum absolute atomic E-state index is 4.26. The molecule has 1 aromatic carbocycles. The number of benzene rings is 1. The third-order valence-electron chi connectivity index (χ3n) is 2.67.